The molecule has 3 N–H and O–H groups in total. The molecule has 0 saturated heterocycles. The molecule has 9 heteroatoms. The van der Waals surface area contributed by atoms with Crippen molar-refractivity contribution in [3.05, 3.63) is 59.5 Å². The standard InChI is InChI=1S/C21H22F4N4O/c1-12(11-29(2)3)27-18-7-5-14(9-17(18)21(23,24)25)26-10-16-15-6-4-13(22)8-19(15)28-20(16)30/h4-10,12,26-27H,11H2,1-3H3,(H,28,30)/b16-10+. The third-order valence-corrected chi connectivity index (χ3v) is 4.51. The summed E-state index contributed by atoms with van der Waals surface area (Å²) in [4.78, 5) is 14.0. The number of hydrogen-bond donors (Lipinski definition) is 3. The highest BCUT2D eigenvalue weighted by molar-refractivity contribution is 6.31. The van der Waals surface area contributed by atoms with Crippen molar-refractivity contribution in [2.45, 2.75) is 19.1 Å². The fourth-order valence-electron chi connectivity index (χ4n) is 3.32. The Balaban J connectivity index is 1.86. The van der Waals surface area contributed by atoms with Gasteiger partial charge in [0.25, 0.3) is 5.91 Å². The van der Waals surface area contributed by atoms with E-state index in [1.54, 1.807) is 6.92 Å². The van der Waals surface area contributed by atoms with Crippen LogP contribution in [0.25, 0.3) is 5.57 Å². The highest BCUT2D eigenvalue weighted by Crippen LogP contribution is 2.37. The van der Waals surface area contributed by atoms with Gasteiger partial charge in [-0.3, -0.25) is 4.79 Å². The number of halogens is 4. The molecule has 3 rings (SSSR count). The molecule has 5 nitrogen and oxygen atoms in total. The van der Waals surface area contributed by atoms with Crippen molar-refractivity contribution in [2.24, 2.45) is 0 Å². The molecule has 2 aromatic rings. The quantitative estimate of drug-likeness (QED) is 0.470. The van der Waals surface area contributed by atoms with Gasteiger partial charge in [0.2, 0.25) is 0 Å². The lowest BCUT2D eigenvalue weighted by Crippen LogP contribution is -2.30. The van der Waals surface area contributed by atoms with Crippen molar-refractivity contribution in [3.8, 4) is 0 Å². The Morgan fingerprint density at radius 2 is 1.90 bits per heavy atom. The van der Waals surface area contributed by atoms with Crippen LogP contribution in [0.5, 0.6) is 0 Å². The van der Waals surface area contributed by atoms with Gasteiger partial charge in [0.1, 0.15) is 5.82 Å². The number of fused-ring (bicyclic) bond motifs is 1. The Morgan fingerprint density at radius 1 is 1.17 bits per heavy atom. The van der Waals surface area contributed by atoms with E-state index in [0.29, 0.717) is 17.8 Å². The van der Waals surface area contributed by atoms with Crippen molar-refractivity contribution in [1.29, 1.82) is 0 Å². The predicted molar refractivity (Wildman–Crippen MR) is 110 cm³/mol. The van der Waals surface area contributed by atoms with Crippen molar-refractivity contribution >= 4 is 28.5 Å². The van der Waals surface area contributed by atoms with Crippen LogP contribution in [0.4, 0.5) is 34.6 Å². The molecule has 0 aliphatic carbocycles. The molecule has 2 aromatic carbocycles. The number of anilines is 3. The van der Waals surface area contributed by atoms with Crippen LogP contribution in [0.15, 0.2) is 42.6 Å². The third-order valence-electron chi connectivity index (χ3n) is 4.51. The number of hydrogen-bond acceptors (Lipinski definition) is 4. The van der Waals surface area contributed by atoms with Gasteiger partial charge in [-0.25, -0.2) is 4.39 Å². The molecule has 0 fully saturated rings. The van der Waals surface area contributed by atoms with Gasteiger partial charge in [-0.05, 0) is 57.4 Å². The molecule has 160 valence electrons. The van der Waals surface area contributed by atoms with Gasteiger partial charge < -0.3 is 20.9 Å². The molecule has 0 aromatic heterocycles. The second-order valence-corrected chi connectivity index (χ2v) is 7.41. The number of likely N-dealkylation sites (N-methyl/N-ethyl adjacent to an activating group) is 1. The van der Waals surface area contributed by atoms with Crippen LogP contribution in [0, 0.1) is 5.82 Å². The van der Waals surface area contributed by atoms with E-state index in [2.05, 4.69) is 16.0 Å². The first-order valence-corrected chi connectivity index (χ1v) is 9.25. The lowest BCUT2D eigenvalue weighted by atomic mass is 10.1. The second kappa shape index (κ2) is 8.35. The third kappa shape index (κ3) is 4.91. The number of nitrogens with one attached hydrogen (secondary N) is 3. The van der Waals surface area contributed by atoms with Gasteiger partial charge in [0.15, 0.2) is 0 Å². The molecule has 0 saturated carbocycles. The monoisotopic (exact) mass is 422 g/mol. The smallest absolute Gasteiger partial charge is 0.381 e. The van der Waals surface area contributed by atoms with Crippen molar-refractivity contribution in [2.75, 3.05) is 36.6 Å². The maximum Gasteiger partial charge on any atom is 0.418 e. The average molecular weight is 422 g/mol. The number of alkyl halides is 3. The summed E-state index contributed by atoms with van der Waals surface area (Å²) in [5.41, 5.74) is 0.341. The molecular formula is C21H22F4N4O. The number of benzene rings is 2. The largest absolute Gasteiger partial charge is 0.418 e. The zero-order valence-electron chi connectivity index (χ0n) is 16.7. The minimum absolute atomic E-state index is 0.0190. The first-order valence-electron chi connectivity index (χ1n) is 9.25. The maximum atomic E-state index is 13.6. The van der Waals surface area contributed by atoms with Crippen LogP contribution >= 0.6 is 0 Å². The molecule has 0 radical (unpaired) electrons. The van der Waals surface area contributed by atoms with Gasteiger partial charge in [0, 0.05) is 35.7 Å². The number of carbonyl (C=O) groups is 1. The van der Waals surface area contributed by atoms with Crippen LogP contribution in [-0.4, -0.2) is 37.5 Å². The molecule has 1 aliphatic heterocycles. The fraction of sp³-hybridized carbons (Fsp3) is 0.286. The van der Waals surface area contributed by atoms with E-state index in [9.17, 15) is 22.4 Å². The second-order valence-electron chi connectivity index (χ2n) is 7.41. The van der Waals surface area contributed by atoms with Gasteiger partial charge in [-0.1, -0.05) is 0 Å². The summed E-state index contributed by atoms with van der Waals surface area (Å²) < 4.78 is 54.1. The van der Waals surface area contributed by atoms with Gasteiger partial charge >= 0.3 is 6.18 Å². The lowest BCUT2D eigenvalue weighted by Gasteiger charge is -2.22. The van der Waals surface area contributed by atoms with Crippen molar-refractivity contribution < 1.29 is 22.4 Å². The Bertz CT molecular complexity index is 985. The van der Waals surface area contributed by atoms with Crippen molar-refractivity contribution in [1.82, 2.24) is 4.90 Å². The Morgan fingerprint density at radius 3 is 2.57 bits per heavy atom. The molecule has 30 heavy (non-hydrogen) atoms. The maximum absolute atomic E-state index is 13.6. The van der Waals surface area contributed by atoms with E-state index in [4.69, 9.17) is 0 Å². The predicted octanol–water partition coefficient (Wildman–Crippen LogP) is 4.61. The van der Waals surface area contributed by atoms with Gasteiger partial charge in [-0.15, -0.1) is 0 Å². The highest BCUT2D eigenvalue weighted by Gasteiger charge is 2.34. The van der Waals surface area contributed by atoms with Crippen LogP contribution in [0.2, 0.25) is 0 Å². The number of amides is 1. The van der Waals surface area contributed by atoms with Crippen LogP contribution in [0.3, 0.4) is 0 Å². The van der Waals surface area contributed by atoms with E-state index in [0.717, 1.165) is 6.07 Å². The molecule has 1 atom stereocenters. The minimum Gasteiger partial charge on any atom is -0.381 e. The zero-order valence-corrected chi connectivity index (χ0v) is 16.7. The lowest BCUT2D eigenvalue weighted by molar-refractivity contribution is -0.136. The molecule has 0 bridgehead atoms. The fourth-order valence-corrected chi connectivity index (χ4v) is 3.32. The summed E-state index contributed by atoms with van der Waals surface area (Å²) in [5, 5.41) is 8.16. The first-order chi connectivity index (χ1) is 14.0. The summed E-state index contributed by atoms with van der Waals surface area (Å²) in [6, 6.07) is 7.48. The zero-order chi connectivity index (χ0) is 22.1. The molecular weight excluding hydrogens is 400 g/mol. The van der Waals surface area contributed by atoms with E-state index in [1.807, 2.05) is 19.0 Å². The Labute approximate surface area is 171 Å². The van der Waals surface area contributed by atoms with E-state index >= 15 is 0 Å². The van der Waals surface area contributed by atoms with Gasteiger partial charge in [0.05, 0.1) is 16.8 Å². The van der Waals surface area contributed by atoms with Crippen LogP contribution < -0.4 is 16.0 Å². The van der Waals surface area contributed by atoms with Crippen LogP contribution in [-0.2, 0) is 11.0 Å². The summed E-state index contributed by atoms with van der Waals surface area (Å²) in [7, 11) is 3.68. The number of nitrogens with zero attached hydrogens (tertiary/aromatic N) is 1. The Kier molecular flexibility index (Phi) is 6.02. The summed E-state index contributed by atoms with van der Waals surface area (Å²) in [5.74, 6) is -0.959. The number of rotatable bonds is 6. The van der Waals surface area contributed by atoms with E-state index < -0.39 is 23.5 Å². The van der Waals surface area contributed by atoms with Crippen LogP contribution in [0.1, 0.15) is 18.1 Å². The summed E-state index contributed by atoms with van der Waals surface area (Å²) in [6.45, 7) is 2.37. The normalized spacial score (nSPS) is 15.9. The average Bonchev–Trinajstić information content (AvgIpc) is 2.93. The number of carbonyl (C=O) groups excluding carboxylic acids is 1. The molecule has 1 unspecified atom stereocenters. The SMILES string of the molecule is CC(CN(C)C)Nc1ccc(N/C=C2/C(=O)Nc3cc(F)ccc32)cc1C(F)(F)F. The molecule has 1 amide bonds. The summed E-state index contributed by atoms with van der Waals surface area (Å²) >= 11 is 0. The minimum atomic E-state index is -4.56. The molecule has 1 aliphatic rings. The van der Waals surface area contributed by atoms with Crippen molar-refractivity contribution in [3.63, 3.8) is 0 Å². The molecule has 0 spiro atoms. The van der Waals surface area contributed by atoms with E-state index in [1.165, 1.54) is 36.5 Å². The molecule has 1 heterocycles. The first kappa shape index (κ1) is 21.6. The van der Waals surface area contributed by atoms with Gasteiger partial charge in [-0.2, -0.15) is 13.2 Å². The van der Waals surface area contributed by atoms with E-state index in [-0.39, 0.29) is 23.0 Å². The highest BCUT2D eigenvalue weighted by atomic mass is 19.4. The summed E-state index contributed by atoms with van der Waals surface area (Å²) in [6.07, 6.45) is -3.24. The topological polar surface area (TPSA) is 56.4 Å². The Hall–Kier alpha value is -3.07.